The number of sulfonamides is 1. The molecule has 0 radical (unpaired) electrons. The summed E-state index contributed by atoms with van der Waals surface area (Å²) in [6.07, 6.45) is -7.11. The fourth-order valence-corrected chi connectivity index (χ4v) is 4.19. The molecule has 0 atom stereocenters. The van der Waals surface area contributed by atoms with Crippen molar-refractivity contribution in [3.05, 3.63) is 71.4 Å². The molecule has 0 amide bonds. The fraction of sp³-hybridized carbons (Fsp3) is 0.200. The molecule has 2 aromatic carbocycles. The van der Waals surface area contributed by atoms with Crippen LogP contribution in [0, 0.1) is 11.6 Å². The lowest BCUT2D eigenvalue weighted by Crippen LogP contribution is -2.34. The summed E-state index contributed by atoms with van der Waals surface area (Å²) in [6, 6.07) is 4.02. The van der Waals surface area contributed by atoms with Crippen molar-refractivity contribution in [3.8, 4) is 11.5 Å². The lowest BCUT2D eigenvalue weighted by atomic mass is 10.1. The summed E-state index contributed by atoms with van der Waals surface area (Å²) in [5.74, 6) is -5.24. The number of aromatic nitrogens is 2. The van der Waals surface area contributed by atoms with E-state index in [1.54, 1.807) is 0 Å². The first-order chi connectivity index (χ1) is 16.3. The highest BCUT2D eigenvalue weighted by Crippen LogP contribution is 2.37. The van der Waals surface area contributed by atoms with Crippen LogP contribution in [-0.4, -0.2) is 32.5 Å². The van der Waals surface area contributed by atoms with Crippen LogP contribution in [0.1, 0.15) is 17.6 Å². The van der Waals surface area contributed by atoms with Gasteiger partial charge in [-0.15, -0.1) is 5.10 Å². The molecule has 15 heteroatoms. The Bertz CT molecular complexity index is 1310. The zero-order chi connectivity index (χ0) is 26.0. The van der Waals surface area contributed by atoms with Crippen LogP contribution in [0.2, 0.25) is 0 Å². The number of methoxy groups -OCH3 is 1. The van der Waals surface area contributed by atoms with E-state index in [0.29, 0.717) is 16.4 Å². The Morgan fingerprint density at radius 2 is 1.77 bits per heavy atom. The summed E-state index contributed by atoms with van der Waals surface area (Å²) in [5, 5.41) is 7.09. The summed E-state index contributed by atoms with van der Waals surface area (Å²) < 4.78 is 131. The minimum atomic E-state index is -5.03. The van der Waals surface area contributed by atoms with E-state index in [4.69, 9.17) is 9.47 Å². The molecule has 0 fully saturated rings. The van der Waals surface area contributed by atoms with Gasteiger partial charge < -0.3 is 9.47 Å². The van der Waals surface area contributed by atoms with E-state index in [1.165, 1.54) is 18.3 Å². The van der Waals surface area contributed by atoms with Crippen LogP contribution in [-0.2, 0) is 20.9 Å². The number of nitrogens with zero attached hydrogens (tertiary/aromatic N) is 3. The second kappa shape index (κ2) is 10.0. The molecular weight excluding hydrogens is 511 g/mol. The van der Waals surface area contributed by atoms with Crippen molar-refractivity contribution in [2.24, 2.45) is 0 Å². The summed E-state index contributed by atoms with van der Waals surface area (Å²) in [4.78, 5) is -1.18. The van der Waals surface area contributed by atoms with Crippen molar-refractivity contribution in [1.82, 2.24) is 10.2 Å². The molecule has 0 spiro atoms. The Hall–Kier alpha value is -3.46. The molecule has 3 rings (SSSR count). The molecule has 1 aromatic heterocycles. The minimum absolute atomic E-state index is 0.182. The predicted molar refractivity (Wildman–Crippen MR) is 106 cm³/mol. The molecule has 0 bridgehead atoms. The molecule has 188 valence electrons. The van der Waals surface area contributed by atoms with Crippen LogP contribution in [0.4, 0.5) is 36.6 Å². The van der Waals surface area contributed by atoms with Gasteiger partial charge in [0.1, 0.15) is 23.2 Å². The Morgan fingerprint density at radius 3 is 2.34 bits per heavy atom. The summed E-state index contributed by atoms with van der Waals surface area (Å²) in [6.45, 7) is -0.652. The highest BCUT2D eigenvalue weighted by molar-refractivity contribution is 7.92. The number of hydrogen-bond acceptors (Lipinski definition) is 6. The van der Waals surface area contributed by atoms with Gasteiger partial charge in [-0.05, 0) is 30.3 Å². The second-order valence-electron chi connectivity index (χ2n) is 6.76. The van der Waals surface area contributed by atoms with E-state index in [1.807, 2.05) is 0 Å². The largest absolute Gasteiger partial charge is 0.454 e. The molecular formula is C20H14F7N3O4S. The summed E-state index contributed by atoms with van der Waals surface area (Å²) in [5.41, 5.74) is -2.58. The first kappa shape index (κ1) is 26.2. The van der Waals surface area contributed by atoms with Gasteiger partial charge in [-0.3, -0.25) is 0 Å². The number of ether oxygens (including phenoxy) is 2. The third kappa shape index (κ3) is 5.79. The van der Waals surface area contributed by atoms with Crippen molar-refractivity contribution in [2.75, 3.05) is 18.1 Å². The maximum absolute atomic E-state index is 14.8. The first-order valence-corrected chi connectivity index (χ1v) is 10.7. The Balaban J connectivity index is 2.03. The van der Waals surface area contributed by atoms with Crippen LogP contribution in [0.15, 0.2) is 53.6 Å². The van der Waals surface area contributed by atoms with Crippen LogP contribution in [0.3, 0.4) is 0 Å². The Labute approximate surface area is 193 Å². The smallest absolute Gasteiger partial charge is 0.416 e. The summed E-state index contributed by atoms with van der Waals surface area (Å²) >= 11 is 0. The van der Waals surface area contributed by atoms with Crippen LogP contribution in [0.5, 0.6) is 11.5 Å². The quantitative estimate of drug-likeness (QED) is 0.293. The van der Waals surface area contributed by atoms with Gasteiger partial charge in [0, 0.05) is 31.0 Å². The second-order valence-corrected chi connectivity index (χ2v) is 8.59. The topological polar surface area (TPSA) is 81.6 Å². The zero-order valence-electron chi connectivity index (χ0n) is 17.4. The number of alkyl halides is 5. The molecule has 0 unspecified atom stereocenters. The molecule has 0 aliphatic rings. The van der Waals surface area contributed by atoms with Gasteiger partial charge >= 0.3 is 6.18 Å². The van der Waals surface area contributed by atoms with E-state index in [9.17, 15) is 39.2 Å². The standard InChI is InChI=1S/C20H14F7N3O4S/c1-33-10-30(18-3-2-4-28-29-18)35(31,32)17-9-14(21)16(8-15(17)22)34-13-6-11(19(23)24)5-12(7-13)20(25,26)27/h2-9,19H,10H2,1H3. The highest BCUT2D eigenvalue weighted by Gasteiger charge is 2.33. The minimum Gasteiger partial charge on any atom is -0.454 e. The Morgan fingerprint density at radius 1 is 1.06 bits per heavy atom. The lowest BCUT2D eigenvalue weighted by molar-refractivity contribution is -0.137. The molecule has 0 saturated carbocycles. The van der Waals surface area contributed by atoms with Crippen molar-refractivity contribution in [3.63, 3.8) is 0 Å². The number of halogens is 7. The molecule has 7 nitrogen and oxygen atoms in total. The Kier molecular flexibility index (Phi) is 7.50. The number of anilines is 1. The maximum Gasteiger partial charge on any atom is 0.416 e. The molecule has 3 aromatic rings. The van der Waals surface area contributed by atoms with Gasteiger partial charge in [0.15, 0.2) is 17.4 Å². The van der Waals surface area contributed by atoms with Gasteiger partial charge in [-0.25, -0.2) is 30.3 Å². The third-order valence-electron chi connectivity index (χ3n) is 4.35. The molecule has 0 aliphatic heterocycles. The number of rotatable bonds is 8. The van der Waals surface area contributed by atoms with E-state index in [2.05, 4.69) is 10.2 Å². The van der Waals surface area contributed by atoms with E-state index in [0.717, 1.165) is 7.11 Å². The lowest BCUT2D eigenvalue weighted by Gasteiger charge is -2.22. The van der Waals surface area contributed by atoms with E-state index in [-0.39, 0.29) is 24.0 Å². The van der Waals surface area contributed by atoms with Crippen LogP contribution < -0.4 is 9.04 Å². The SMILES string of the molecule is COCN(c1cccnn1)S(=O)(=O)c1cc(F)c(Oc2cc(C(F)F)cc(C(F)(F)F)c2)cc1F. The average molecular weight is 525 g/mol. The van der Waals surface area contributed by atoms with Gasteiger partial charge in [-0.1, -0.05) is 0 Å². The third-order valence-corrected chi connectivity index (χ3v) is 6.09. The zero-order valence-corrected chi connectivity index (χ0v) is 18.2. The molecule has 0 saturated heterocycles. The van der Waals surface area contributed by atoms with Crippen molar-refractivity contribution >= 4 is 15.8 Å². The van der Waals surface area contributed by atoms with Gasteiger partial charge in [0.25, 0.3) is 16.4 Å². The van der Waals surface area contributed by atoms with E-state index >= 15 is 0 Å². The fourth-order valence-electron chi connectivity index (χ4n) is 2.80. The highest BCUT2D eigenvalue weighted by atomic mass is 32.2. The van der Waals surface area contributed by atoms with Crippen molar-refractivity contribution in [1.29, 1.82) is 0 Å². The first-order valence-electron chi connectivity index (χ1n) is 9.31. The summed E-state index contributed by atoms with van der Waals surface area (Å²) in [7, 11) is -3.68. The van der Waals surface area contributed by atoms with Gasteiger partial charge in [0.05, 0.1) is 5.56 Å². The van der Waals surface area contributed by atoms with Crippen molar-refractivity contribution in [2.45, 2.75) is 17.5 Å². The number of benzene rings is 2. The van der Waals surface area contributed by atoms with Crippen LogP contribution in [0.25, 0.3) is 0 Å². The number of hydrogen-bond donors (Lipinski definition) is 0. The average Bonchev–Trinajstić information content (AvgIpc) is 2.79. The van der Waals surface area contributed by atoms with Crippen molar-refractivity contribution < 1.29 is 48.6 Å². The molecule has 0 N–H and O–H groups in total. The molecule has 0 aliphatic carbocycles. The monoisotopic (exact) mass is 525 g/mol. The van der Waals surface area contributed by atoms with Crippen LogP contribution >= 0.6 is 0 Å². The molecule has 1 heterocycles. The van der Waals surface area contributed by atoms with Gasteiger partial charge in [0.2, 0.25) is 0 Å². The van der Waals surface area contributed by atoms with E-state index < -0.39 is 68.5 Å². The predicted octanol–water partition coefficient (Wildman–Crippen LogP) is 5.30. The maximum atomic E-state index is 14.8. The van der Waals surface area contributed by atoms with Gasteiger partial charge in [-0.2, -0.15) is 18.3 Å². The molecule has 35 heavy (non-hydrogen) atoms. The normalized spacial score (nSPS) is 12.1.